The molecular formula is C21H22N2O6. The molecule has 1 heterocycles. The Kier molecular flexibility index (Phi) is 5.72. The van der Waals surface area contributed by atoms with Crippen molar-refractivity contribution in [1.29, 1.82) is 0 Å². The molecule has 2 aromatic carbocycles. The monoisotopic (exact) mass is 398 g/mol. The number of esters is 1. The molecule has 8 nitrogen and oxygen atoms in total. The maximum atomic E-state index is 13.1. The number of imide groups is 1. The molecule has 1 aliphatic heterocycles. The van der Waals surface area contributed by atoms with Crippen molar-refractivity contribution in [2.24, 2.45) is 0 Å². The Morgan fingerprint density at radius 1 is 1.10 bits per heavy atom. The van der Waals surface area contributed by atoms with Gasteiger partial charge in [0.2, 0.25) is 0 Å². The largest absolute Gasteiger partial charge is 0.493 e. The molecule has 0 saturated heterocycles. The Morgan fingerprint density at radius 3 is 2.48 bits per heavy atom. The summed E-state index contributed by atoms with van der Waals surface area (Å²) >= 11 is 0. The SMILES string of the molecule is CCOc1cc([C@H](CC(=O)OC)N2C(=O)c3cccc(N)c3C2=O)ccc1OC. The van der Waals surface area contributed by atoms with E-state index in [4.69, 9.17) is 19.9 Å². The molecule has 0 spiro atoms. The van der Waals surface area contributed by atoms with E-state index in [1.54, 1.807) is 36.4 Å². The number of nitrogen functional groups attached to an aromatic ring is 1. The van der Waals surface area contributed by atoms with Gasteiger partial charge in [-0.2, -0.15) is 0 Å². The number of amides is 2. The van der Waals surface area contributed by atoms with Crippen LogP contribution in [0.5, 0.6) is 11.5 Å². The maximum Gasteiger partial charge on any atom is 0.307 e. The van der Waals surface area contributed by atoms with E-state index in [0.717, 1.165) is 4.90 Å². The number of hydrogen-bond donors (Lipinski definition) is 1. The summed E-state index contributed by atoms with van der Waals surface area (Å²) < 4.78 is 15.7. The number of anilines is 1. The van der Waals surface area contributed by atoms with Crippen LogP contribution < -0.4 is 15.2 Å². The minimum Gasteiger partial charge on any atom is -0.493 e. The minimum absolute atomic E-state index is 0.144. The van der Waals surface area contributed by atoms with Crippen LogP contribution in [0.15, 0.2) is 36.4 Å². The molecular weight excluding hydrogens is 376 g/mol. The number of ether oxygens (including phenoxy) is 3. The number of nitrogens with two attached hydrogens (primary N) is 1. The van der Waals surface area contributed by atoms with Gasteiger partial charge < -0.3 is 19.9 Å². The maximum absolute atomic E-state index is 13.1. The fraction of sp³-hybridized carbons (Fsp3) is 0.286. The van der Waals surface area contributed by atoms with E-state index in [0.29, 0.717) is 23.7 Å². The molecule has 0 aliphatic carbocycles. The van der Waals surface area contributed by atoms with Crippen LogP contribution in [0.25, 0.3) is 0 Å². The average Bonchev–Trinajstić information content (AvgIpc) is 2.97. The van der Waals surface area contributed by atoms with Crippen LogP contribution in [-0.2, 0) is 9.53 Å². The zero-order valence-electron chi connectivity index (χ0n) is 16.4. The highest BCUT2D eigenvalue weighted by Crippen LogP contribution is 2.38. The molecule has 1 atom stereocenters. The minimum atomic E-state index is -0.889. The Hall–Kier alpha value is -3.55. The highest BCUT2D eigenvalue weighted by atomic mass is 16.5. The Morgan fingerprint density at radius 2 is 1.86 bits per heavy atom. The summed E-state index contributed by atoms with van der Waals surface area (Å²) in [4.78, 5) is 39.2. The van der Waals surface area contributed by atoms with Crippen molar-refractivity contribution in [1.82, 2.24) is 4.90 Å². The van der Waals surface area contributed by atoms with Crippen LogP contribution in [0, 0.1) is 0 Å². The predicted octanol–water partition coefficient (Wildman–Crippen LogP) is 2.58. The number of hydrogen-bond acceptors (Lipinski definition) is 7. The van der Waals surface area contributed by atoms with E-state index < -0.39 is 23.8 Å². The number of rotatable bonds is 7. The molecule has 8 heteroatoms. The molecule has 1 aliphatic rings. The number of carbonyl (C=O) groups excluding carboxylic acids is 3. The summed E-state index contributed by atoms with van der Waals surface area (Å²) in [6, 6.07) is 8.82. The molecule has 0 bridgehead atoms. The highest BCUT2D eigenvalue weighted by molar-refractivity contribution is 6.23. The van der Waals surface area contributed by atoms with Crippen LogP contribution in [-0.4, -0.2) is 43.5 Å². The summed E-state index contributed by atoms with van der Waals surface area (Å²) in [5.74, 6) is -0.684. The second-order valence-corrected chi connectivity index (χ2v) is 6.39. The van der Waals surface area contributed by atoms with Gasteiger partial charge in [-0.05, 0) is 36.8 Å². The van der Waals surface area contributed by atoms with E-state index in [2.05, 4.69) is 0 Å². The average molecular weight is 398 g/mol. The number of benzene rings is 2. The van der Waals surface area contributed by atoms with Crippen molar-refractivity contribution in [2.75, 3.05) is 26.6 Å². The molecule has 29 heavy (non-hydrogen) atoms. The first-order chi connectivity index (χ1) is 13.9. The third-order valence-electron chi connectivity index (χ3n) is 4.75. The normalized spacial score (nSPS) is 13.8. The second-order valence-electron chi connectivity index (χ2n) is 6.39. The van der Waals surface area contributed by atoms with E-state index >= 15 is 0 Å². The summed E-state index contributed by atoms with van der Waals surface area (Å²) in [5.41, 5.74) is 7.03. The summed E-state index contributed by atoms with van der Waals surface area (Å²) in [5, 5.41) is 0. The van der Waals surface area contributed by atoms with Gasteiger partial charge in [0.1, 0.15) is 0 Å². The zero-order valence-corrected chi connectivity index (χ0v) is 16.4. The molecule has 0 radical (unpaired) electrons. The van der Waals surface area contributed by atoms with Gasteiger partial charge in [-0.1, -0.05) is 12.1 Å². The molecule has 0 unspecified atom stereocenters. The lowest BCUT2D eigenvalue weighted by Gasteiger charge is -2.26. The van der Waals surface area contributed by atoms with Gasteiger partial charge in [0.05, 0.1) is 44.4 Å². The fourth-order valence-corrected chi connectivity index (χ4v) is 3.38. The van der Waals surface area contributed by atoms with Crippen molar-refractivity contribution in [2.45, 2.75) is 19.4 Å². The van der Waals surface area contributed by atoms with Gasteiger partial charge in [-0.25, -0.2) is 0 Å². The van der Waals surface area contributed by atoms with Crippen molar-refractivity contribution < 1.29 is 28.6 Å². The fourth-order valence-electron chi connectivity index (χ4n) is 3.38. The van der Waals surface area contributed by atoms with Gasteiger partial charge in [0.25, 0.3) is 11.8 Å². The van der Waals surface area contributed by atoms with Gasteiger partial charge in [0, 0.05) is 5.69 Å². The molecule has 152 valence electrons. The third-order valence-corrected chi connectivity index (χ3v) is 4.75. The van der Waals surface area contributed by atoms with Crippen molar-refractivity contribution >= 4 is 23.5 Å². The molecule has 0 saturated carbocycles. The van der Waals surface area contributed by atoms with E-state index in [9.17, 15) is 14.4 Å². The van der Waals surface area contributed by atoms with Gasteiger partial charge in [-0.15, -0.1) is 0 Å². The number of nitrogens with zero attached hydrogens (tertiary/aromatic N) is 1. The Balaban J connectivity index is 2.09. The van der Waals surface area contributed by atoms with Crippen molar-refractivity contribution in [3.05, 3.63) is 53.1 Å². The summed E-state index contributed by atoms with van der Waals surface area (Å²) in [6.07, 6.45) is -0.209. The third kappa shape index (κ3) is 3.61. The molecule has 3 rings (SSSR count). The smallest absolute Gasteiger partial charge is 0.307 e. The standard InChI is InChI=1S/C21H22N2O6/c1-4-29-17-10-12(8-9-16(17)27-2)15(11-18(24)28-3)23-20(25)13-6-5-7-14(22)19(13)21(23)26/h5-10,15H,4,11,22H2,1-3H3/t15-/m0/s1. The first kappa shape index (κ1) is 20.2. The van der Waals surface area contributed by atoms with Crippen LogP contribution in [0.1, 0.15) is 45.7 Å². The predicted molar refractivity (Wildman–Crippen MR) is 105 cm³/mol. The molecule has 2 aromatic rings. The Labute approximate surface area is 168 Å². The van der Waals surface area contributed by atoms with Gasteiger partial charge >= 0.3 is 5.97 Å². The summed E-state index contributed by atoms with van der Waals surface area (Å²) in [7, 11) is 2.76. The number of carbonyl (C=O) groups is 3. The molecule has 2 amide bonds. The molecule has 2 N–H and O–H groups in total. The van der Waals surface area contributed by atoms with Crippen molar-refractivity contribution in [3.63, 3.8) is 0 Å². The molecule has 0 fully saturated rings. The lowest BCUT2D eigenvalue weighted by atomic mass is 10.0. The van der Waals surface area contributed by atoms with Crippen LogP contribution in [0.2, 0.25) is 0 Å². The van der Waals surface area contributed by atoms with Crippen molar-refractivity contribution in [3.8, 4) is 11.5 Å². The topological polar surface area (TPSA) is 108 Å². The lowest BCUT2D eigenvalue weighted by molar-refractivity contribution is -0.141. The van der Waals surface area contributed by atoms with Crippen LogP contribution >= 0.6 is 0 Å². The first-order valence-electron chi connectivity index (χ1n) is 9.06. The molecule has 0 aromatic heterocycles. The second kappa shape index (κ2) is 8.22. The highest BCUT2D eigenvalue weighted by Gasteiger charge is 2.42. The Bertz CT molecular complexity index is 972. The van der Waals surface area contributed by atoms with E-state index in [1.165, 1.54) is 14.2 Å². The van der Waals surface area contributed by atoms with Gasteiger partial charge in [0.15, 0.2) is 11.5 Å². The lowest BCUT2D eigenvalue weighted by Crippen LogP contribution is -2.35. The van der Waals surface area contributed by atoms with E-state index in [-0.39, 0.29) is 23.2 Å². The zero-order chi connectivity index (χ0) is 21.1. The van der Waals surface area contributed by atoms with Crippen LogP contribution in [0.3, 0.4) is 0 Å². The quantitative estimate of drug-likeness (QED) is 0.434. The summed E-state index contributed by atoms with van der Waals surface area (Å²) in [6.45, 7) is 2.22. The first-order valence-corrected chi connectivity index (χ1v) is 9.06. The van der Waals surface area contributed by atoms with Gasteiger partial charge in [-0.3, -0.25) is 19.3 Å². The van der Waals surface area contributed by atoms with E-state index in [1.807, 2.05) is 6.92 Å². The number of methoxy groups -OCH3 is 2. The van der Waals surface area contributed by atoms with Crippen LogP contribution in [0.4, 0.5) is 5.69 Å². The number of fused-ring (bicyclic) bond motifs is 1.